The van der Waals surface area contributed by atoms with Gasteiger partial charge in [0.05, 0.1) is 33.9 Å². The number of nitrogens with zero attached hydrogens (tertiary/aromatic N) is 8. The molecule has 0 aliphatic carbocycles. The number of benzene rings is 2. The van der Waals surface area contributed by atoms with E-state index < -0.39 is 28.6 Å². The number of hydrogen-bond acceptors (Lipinski definition) is 10. The van der Waals surface area contributed by atoms with Crippen LogP contribution in [0.2, 0.25) is 0 Å². The number of nitrogens with one attached hydrogen (secondary N) is 2. The number of aromatic carboxylic acids is 1. The topological polar surface area (TPSA) is 237 Å². The van der Waals surface area contributed by atoms with Crippen molar-refractivity contribution in [2.24, 2.45) is 21.5 Å². The summed E-state index contributed by atoms with van der Waals surface area (Å²) in [7, 11) is 0. The Kier molecular flexibility index (Phi) is 11.0. The number of carbonyl (C=O) groups is 1. The van der Waals surface area contributed by atoms with Gasteiger partial charge >= 0.3 is 5.97 Å². The maximum absolute atomic E-state index is 15.7. The van der Waals surface area contributed by atoms with Gasteiger partial charge in [-0.05, 0) is 38.8 Å². The Morgan fingerprint density at radius 3 is 2.02 bits per heavy atom. The van der Waals surface area contributed by atoms with Crippen LogP contribution in [-0.2, 0) is 0 Å². The quantitative estimate of drug-likeness (QED) is 0.0930. The van der Waals surface area contributed by atoms with Crippen molar-refractivity contribution in [2.75, 3.05) is 81.9 Å². The van der Waals surface area contributed by atoms with Crippen molar-refractivity contribution in [3.8, 4) is 11.5 Å². The van der Waals surface area contributed by atoms with Gasteiger partial charge in [-0.1, -0.05) is 0 Å². The first-order valence-electron chi connectivity index (χ1n) is 20.3. The number of pyridine rings is 2. The third-order valence-corrected chi connectivity index (χ3v) is 11.8. The third-order valence-electron chi connectivity index (χ3n) is 11.8. The van der Waals surface area contributed by atoms with Crippen molar-refractivity contribution in [3.05, 3.63) is 68.2 Å². The van der Waals surface area contributed by atoms with Gasteiger partial charge in [-0.3, -0.25) is 20.0 Å². The number of piperazine rings is 2. The predicted molar refractivity (Wildman–Crippen MR) is 229 cm³/mol. The highest BCUT2D eigenvalue weighted by molar-refractivity contribution is 6.01. The number of aliphatic imine (C=N–C) groups is 2. The van der Waals surface area contributed by atoms with E-state index in [1.165, 1.54) is 18.3 Å². The summed E-state index contributed by atoms with van der Waals surface area (Å²) in [6, 6.07) is 3.55. The molecule has 2 aromatic heterocycles. The van der Waals surface area contributed by atoms with E-state index in [1.807, 2.05) is 28.2 Å². The molecule has 0 saturated carbocycles. The molecule has 20 heteroatoms. The molecular formula is C41H48F2N12O6. The van der Waals surface area contributed by atoms with Crippen LogP contribution in [0.5, 0.6) is 11.5 Å². The fraction of sp³-hybridized carbons (Fsp3) is 0.439. The van der Waals surface area contributed by atoms with Crippen LogP contribution < -0.4 is 41.6 Å². The summed E-state index contributed by atoms with van der Waals surface area (Å²) in [5.74, 6) is -1.59. The van der Waals surface area contributed by atoms with Gasteiger partial charge in [-0.25, -0.2) is 13.6 Å². The normalized spacial score (nSPS) is 19.3. The van der Waals surface area contributed by atoms with E-state index in [0.717, 1.165) is 6.07 Å². The van der Waals surface area contributed by atoms with Crippen LogP contribution in [0.4, 0.5) is 20.2 Å². The molecule has 4 aliphatic rings. The van der Waals surface area contributed by atoms with Crippen molar-refractivity contribution in [3.63, 3.8) is 0 Å². The zero-order valence-corrected chi connectivity index (χ0v) is 33.9. The number of carboxylic acid groups (broad SMARTS) is 1. The van der Waals surface area contributed by atoms with Crippen molar-refractivity contribution >= 4 is 62.6 Å². The lowest BCUT2D eigenvalue weighted by molar-refractivity contribution is 0.0694. The molecule has 61 heavy (non-hydrogen) atoms. The second-order valence-electron chi connectivity index (χ2n) is 15.8. The summed E-state index contributed by atoms with van der Waals surface area (Å²) in [5.41, 5.74) is 12.7. The average Bonchev–Trinajstić information content (AvgIpc) is 3.23. The monoisotopic (exact) mass is 842 g/mol. The smallest absolute Gasteiger partial charge is 0.341 e. The van der Waals surface area contributed by atoms with Crippen LogP contribution in [-0.4, -0.2) is 126 Å². The molecule has 4 aromatic rings. The number of carboxylic acids is 1. The van der Waals surface area contributed by atoms with E-state index in [-0.39, 0.29) is 64.7 Å². The lowest BCUT2D eigenvalue weighted by atomic mass is 10.1. The first kappa shape index (κ1) is 41.0. The zero-order valence-electron chi connectivity index (χ0n) is 33.9. The number of guanidine groups is 2. The van der Waals surface area contributed by atoms with E-state index in [2.05, 4.69) is 9.98 Å². The predicted octanol–water partition coefficient (Wildman–Crippen LogP) is 2.94. The summed E-state index contributed by atoms with van der Waals surface area (Å²) in [6.45, 7) is 7.86. The Morgan fingerprint density at radius 2 is 1.41 bits per heavy atom. The van der Waals surface area contributed by atoms with Crippen LogP contribution >= 0.6 is 0 Å². The van der Waals surface area contributed by atoms with Gasteiger partial charge in [0, 0.05) is 89.5 Å². The highest BCUT2D eigenvalue weighted by Gasteiger charge is 2.33. The Balaban J connectivity index is 0.809. The molecule has 0 amide bonds. The van der Waals surface area contributed by atoms with Crippen molar-refractivity contribution in [1.29, 1.82) is 10.8 Å². The van der Waals surface area contributed by atoms with Gasteiger partial charge in [0.15, 0.2) is 34.5 Å². The molecule has 2 aromatic carbocycles. The number of aromatic nitrogens is 2. The largest absolute Gasteiger partial charge is 0.487 e. The molecule has 0 radical (unpaired) electrons. The summed E-state index contributed by atoms with van der Waals surface area (Å²) < 4.78 is 46.8. The molecule has 18 nitrogen and oxygen atoms in total. The molecule has 0 spiro atoms. The Labute approximate surface area is 348 Å². The summed E-state index contributed by atoms with van der Waals surface area (Å²) in [5, 5.41) is 27.0. The number of amidine groups is 1. The standard InChI is InChI=1S/C41H48F2N12O6/c1-22-20-60-37-32-25(30(56)5-7-54(22)32)17-28(42)34(37)51-10-8-50(9-11-51)31(45)16-24(44)4-3-6-48-40(46)49-41(47)53-14-12-52(13-15-53)35-29(43)18-26-33-38(35)61-21-23(2)55(33)19-27(36(26)57)39(58)59/h5,7,17-19,22-23,44-45H,3-4,6,8-16,20-21H2,1-2H3,(H,58,59)(H4,46,47,48,49). The van der Waals surface area contributed by atoms with Crippen molar-refractivity contribution in [1.82, 2.24) is 18.9 Å². The summed E-state index contributed by atoms with van der Waals surface area (Å²) in [6.07, 6.45) is 4.09. The molecule has 0 bridgehead atoms. The van der Waals surface area contributed by atoms with Gasteiger partial charge in [-0.15, -0.1) is 0 Å². The van der Waals surface area contributed by atoms with E-state index >= 15 is 8.78 Å². The SMILES string of the molecule is CC1COc2c(N3CCN(C(=N)CC(=N)CCCN=C(N)N=C(N)N4CCN(c5c(F)cc6c(=O)c(C(=O)O)cn7c6c5OCC7C)CC4)CC3)c(F)cc3c(=O)ccn1c23. The first-order chi connectivity index (χ1) is 29.2. The first-order valence-corrected chi connectivity index (χ1v) is 20.3. The molecule has 2 atom stereocenters. The third kappa shape index (κ3) is 7.65. The van der Waals surface area contributed by atoms with Crippen LogP contribution in [0.15, 0.2) is 50.2 Å². The highest BCUT2D eigenvalue weighted by Crippen LogP contribution is 2.43. The molecule has 7 N–H and O–H groups in total. The Bertz CT molecular complexity index is 2650. The molecule has 2 fully saturated rings. The summed E-state index contributed by atoms with van der Waals surface area (Å²) >= 11 is 0. The summed E-state index contributed by atoms with van der Waals surface area (Å²) in [4.78, 5) is 53.2. The second-order valence-corrected chi connectivity index (χ2v) is 15.8. The number of halogens is 2. The fourth-order valence-electron chi connectivity index (χ4n) is 8.58. The van der Waals surface area contributed by atoms with Crippen LogP contribution in [0.25, 0.3) is 21.8 Å². The maximum atomic E-state index is 15.7. The average molecular weight is 843 g/mol. The number of hydrogen-bond donors (Lipinski definition) is 5. The minimum Gasteiger partial charge on any atom is -0.487 e. The van der Waals surface area contributed by atoms with Crippen molar-refractivity contribution in [2.45, 2.75) is 45.2 Å². The number of nitrogens with two attached hydrogens (primary N) is 2. The number of ether oxygens (including phenoxy) is 2. The molecular weight excluding hydrogens is 795 g/mol. The van der Waals surface area contributed by atoms with Gasteiger partial charge < -0.3 is 60.2 Å². The van der Waals surface area contributed by atoms with Crippen LogP contribution in [0, 0.1) is 22.5 Å². The number of rotatable bonds is 9. The molecule has 4 aliphatic heterocycles. The van der Waals surface area contributed by atoms with E-state index in [1.54, 1.807) is 20.6 Å². The molecule has 8 rings (SSSR count). The van der Waals surface area contributed by atoms with Crippen LogP contribution in [0.1, 0.15) is 55.6 Å². The van der Waals surface area contributed by atoms with Gasteiger partial charge in [-0.2, -0.15) is 4.99 Å². The zero-order chi connectivity index (χ0) is 43.3. The highest BCUT2D eigenvalue weighted by atomic mass is 19.1. The molecule has 322 valence electrons. The van der Waals surface area contributed by atoms with Gasteiger partial charge in [0.25, 0.3) is 0 Å². The maximum Gasteiger partial charge on any atom is 0.341 e. The second kappa shape index (κ2) is 16.4. The molecule has 2 saturated heterocycles. The number of anilines is 2. The van der Waals surface area contributed by atoms with E-state index in [9.17, 15) is 19.5 Å². The molecule has 2 unspecified atom stereocenters. The van der Waals surface area contributed by atoms with Gasteiger partial charge in [0.1, 0.15) is 36.0 Å². The van der Waals surface area contributed by atoms with E-state index in [4.69, 9.17) is 31.8 Å². The lowest BCUT2D eigenvalue weighted by Crippen LogP contribution is -2.52. The van der Waals surface area contributed by atoms with E-state index in [0.29, 0.717) is 112 Å². The molecule has 6 heterocycles. The lowest BCUT2D eigenvalue weighted by Gasteiger charge is -2.39. The minimum atomic E-state index is -1.38. The fourth-order valence-corrected chi connectivity index (χ4v) is 8.58. The van der Waals surface area contributed by atoms with Gasteiger partial charge in [0.2, 0.25) is 11.4 Å². The Hall–Kier alpha value is -6.73. The van der Waals surface area contributed by atoms with Crippen molar-refractivity contribution < 1.29 is 28.2 Å². The van der Waals surface area contributed by atoms with Crippen LogP contribution in [0.3, 0.4) is 0 Å². The Morgan fingerprint density at radius 1 is 0.852 bits per heavy atom. The minimum absolute atomic E-state index is 0.00439.